The fraction of sp³-hybridized carbons (Fsp3) is 0.262. The molecule has 0 saturated heterocycles. The van der Waals surface area contributed by atoms with Crippen LogP contribution in [0.5, 0.6) is 0 Å². The van der Waals surface area contributed by atoms with Crippen LogP contribution >= 0.6 is 0 Å². The van der Waals surface area contributed by atoms with Gasteiger partial charge in [-0.15, -0.1) is 0 Å². The van der Waals surface area contributed by atoms with Gasteiger partial charge in [-0.25, -0.2) is 0 Å². The summed E-state index contributed by atoms with van der Waals surface area (Å²) in [6.07, 6.45) is 0. The van der Waals surface area contributed by atoms with Gasteiger partial charge in [-0.1, -0.05) is 204 Å². The van der Waals surface area contributed by atoms with Crippen molar-refractivity contribution in [2.24, 2.45) is 0 Å². The molecule has 11 rings (SSSR count). The van der Waals surface area contributed by atoms with E-state index in [4.69, 9.17) is 0 Å². The molecule has 0 unspecified atom stereocenters. The maximum absolute atomic E-state index is 2.51. The van der Waals surface area contributed by atoms with Gasteiger partial charge in [0.1, 0.15) is 0 Å². The molecular formula is C65H63N. The van der Waals surface area contributed by atoms with Gasteiger partial charge in [0.2, 0.25) is 0 Å². The van der Waals surface area contributed by atoms with E-state index in [0.29, 0.717) is 0 Å². The molecule has 8 aromatic rings. The quantitative estimate of drug-likeness (QED) is 0.167. The summed E-state index contributed by atoms with van der Waals surface area (Å²) in [5.74, 6) is 0. The average Bonchev–Trinajstić information content (AvgIpc) is 3.78. The van der Waals surface area contributed by atoms with Gasteiger partial charge in [0.25, 0.3) is 0 Å². The van der Waals surface area contributed by atoms with Crippen molar-refractivity contribution < 1.29 is 0 Å². The lowest BCUT2D eigenvalue weighted by molar-refractivity contribution is 0.580. The number of nitrogens with zero attached hydrogens (tertiary/aromatic N) is 1. The number of hydrogen-bond donors (Lipinski definition) is 0. The zero-order valence-electron chi connectivity index (χ0n) is 41.0. The first-order valence-electron chi connectivity index (χ1n) is 24.1. The number of benzene rings is 8. The van der Waals surface area contributed by atoms with Crippen molar-refractivity contribution in [1.82, 2.24) is 0 Å². The van der Waals surface area contributed by atoms with Crippen LogP contribution in [0.4, 0.5) is 17.1 Å². The van der Waals surface area contributed by atoms with Crippen LogP contribution in [0.25, 0.3) is 55.6 Å². The summed E-state index contributed by atoms with van der Waals surface area (Å²) in [6, 6.07) is 62.9. The molecule has 0 atom stereocenters. The Bertz CT molecular complexity index is 3280. The minimum Gasteiger partial charge on any atom is -0.310 e. The summed E-state index contributed by atoms with van der Waals surface area (Å²) in [6.45, 7) is 28.4. The van der Waals surface area contributed by atoms with Crippen LogP contribution in [0.15, 0.2) is 164 Å². The van der Waals surface area contributed by atoms with Gasteiger partial charge >= 0.3 is 0 Å². The van der Waals surface area contributed by atoms with Crippen molar-refractivity contribution in [2.45, 2.75) is 110 Å². The third-order valence-electron chi connectivity index (χ3n) is 15.8. The second-order valence-electron chi connectivity index (χ2n) is 23.1. The van der Waals surface area contributed by atoms with Gasteiger partial charge in [-0.3, -0.25) is 0 Å². The summed E-state index contributed by atoms with van der Waals surface area (Å²) >= 11 is 0. The molecule has 0 spiro atoms. The molecule has 0 aliphatic heterocycles. The third kappa shape index (κ3) is 6.26. The van der Waals surface area contributed by atoms with Crippen LogP contribution in [-0.2, 0) is 27.1 Å². The van der Waals surface area contributed by atoms with Crippen LogP contribution in [0.2, 0.25) is 0 Å². The molecule has 0 aromatic heterocycles. The molecule has 8 aromatic carbocycles. The summed E-state index contributed by atoms with van der Waals surface area (Å²) in [4.78, 5) is 2.49. The molecule has 328 valence electrons. The molecule has 0 saturated carbocycles. The topological polar surface area (TPSA) is 3.24 Å². The van der Waals surface area contributed by atoms with Crippen molar-refractivity contribution in [3.8, 4) is 55.6 Å². The van der Waals surface area contributed by atoms with Gasteiger partial charge in [-0.2, -0.15) is 0 Å². The molecule has 0 N–H and O–H groups in total. The molecule has 1 heteroatoms. The molecule has 1 nitrogen and oxygen atoms in total. The summed E-state index contributed by atoms with van der Waals surface area (Å²) in [7, 11) is 0. The van der Waals surface area contributed by atoms with E-state index in [1.165, 1.54) is 100 Å². The Morgan fingerprint density at radius 2 is 0.788 bits per heavy atom. The molecule has 3 aliphatic rings. The van der Waals surface area contributed by atoms with Crippen molar-refractivity contribution in [1.29, 1.82) is 0 Å². The number of anilines is 3. The molecule has 66 heavy (non-hydrogen) atoms. The average molecular weight is 858 g/mol. The van der Waals surface area contributed by atoms with E-state index < -0.39 is 0 Å². The highest BCUT2D eigenvalue weighted by Gasteiger charge is 2.40. The summed E-state index contributed by atoms with van der Waals surface area (Å²) < 4.78 is 0. The highest BCUT2D eigenvalue weighted by atomic mass is 15.1. The standard InChI is InChI=1S/C65H63N/c1-61(2,3)42-29-33-51-56(37-42)65(11,12)58-38-43(62(4,5)6)36-52(60(51)58)41-19-17-20-45(35-41)66(46-32-34-49-48-21-13-15-24-53(48)64(9,10)57(49)39-46)44-30-27-40(28-31-44)47-23-18-26-55-59(47)50-22-14-16-25-54(50)63(55,7)8/h13-39H,1-12H3. The van der Waals surface area contributed by atoms with Gasteiger partial charge in [0.05, 0.1) is 0 Å². The van der Waals surface area contributed by atoms with Gasteiger partial charge in [-0.05, 0) is 153 Å². The van der Waals surface area contributed by atoms with E-state index in [2.05, 4.69) is 252 Å². The Hall–Kier alpha value is -6.44. The van der Waals surface area contributed by atoms with E-state index in [0.717, 1.165) is 17.1 Å². The lowest BCUT2D eigenvalue weighted by atomic mass is 9.76. The number of rotatable bonds is 5. The minimum atomic E-state index is -0.140. The van der Waals surface area contributed by atoms with Crippen molar-refractivity contribution >= 4 is 17.1 Å². The molecule has 0 bridgehead atoms. The largest absolute Gasteiger partial charge is 0.310 e. The van der Waals surface area contributed by atoms with Crippen molar-refractivity contribution in [3.63, 3.8) is 0 Å². The smallest absolute Gasteiger partial charge is 0.0467 e. The second-order valence-corrected chi connectivity index (χ2v) is 23.1. The Morgan fingerprint density at radius 1 is 0.303 bits per heavy atom. The SMILES string of the molecule is CC(C)(C)c1ccc2c(c1)C(C)(C)c1cc(C(C)(C)C)cc(-c3cccc(N(c4ccc(-c5cccc6c5-c5ccccc5C6(C)C)cc4)c4ccc5c(c4)C(C)(C)c4ccccc4-5)c3)c1-2. The van der Waals surface area contributed by atoms with Crippen LogP contribution in [0.3, 0.4) is 0 Å². The first-order chi connectivity index (χ1) is 31.3. The molecular weight excluding hydrogens is 795 g/mol. The number of fused-ring (bicyclic) bond motifs is 9. The van der Waals surface area contributed by atoms with E-state index in [9.17, 15) is 0 Å². The van der Waals surface area contributed by atoms with E-state index in [-0.39, 0.29) is 27.1 Å². The fourth-order valence-electron chi connectivity index (χ4n) is 11.9. The van der Waals surface area contributed by atoms with Crippen LogP contribution in [-0.4, -0.2) is 0 Å². The van der Waals surface area contributed by atoms with Crippen molar-refractivity contribution in [3.05, 3.63) is 208 Å². The van der Waals surface area contributed by atoms with Gasteiger partial charge in [0.15, 0.2) is 0 Å². The van der Waals surface area contributed by atoms with E-state index in [1.54, 1.807) is 0 Å². The molecule has 0 radical (unpaired) electrons. The zero-order chi connectivity index (χ0) is 46.3. The Kier molecular flexibility index (Phi) is 9.13. The third-order valence-corrected chi connectivity index (χ3v) is 15.8. The van der Waals surface area contributed by atoms with E-state index in [1.807, 2.05) is 0 Å². The Balaban J connectivity index is 1.09. The fourth-order valence-corrected chi connectivity index (χ4v) is 11.9. The Labute approximate surface area is 394 Å². The number of hydrogen-bond acceptors (Lipinski definition) is 1. The van der Waals surface area contributed by atoms with Crippen molar-refractivity contribution in [2.75, 3.05) is 4.90 Å². The molecule has 0 fully saturated rings. The molecule has 3 aliphatic carbocycles. The predicted octanol–water partition coefficient (Wildman–Crippen LogP) is 18.0. The lowest BCUT2D eigenvalue weighted by Crippen LogP contribution is -2.19. The van der Waals surface area contributed by atoms with Crippen LogP contribution < -0.4 is 4.90 Å². The van der Waals surface area contributed by atoms with Gasteiger partial charge < -0.3 is 4.90 Å². The van der Waals surface area contributed by atoms with Crippen LogP contribution in [0, 0.1) is 0 Å². The minimum absolute atomic E-state index is 0.0257. The lowest BCUT2D eigenvalue weighted by Gasteiger charge is -2.29. The Morgan fingerprint density at radius 3 is 1.50 bits per heavy atom. The molecule has 0 amide bonds. The summed E-state index contributed by atoms with van der Waals surface area (Å²) in [5, 5.41) is 0. The van der Waals surface area contributed by atoms with Crippen LogP contribution in [0.1, 0.15) is 128 Å². The maximum Gasteiger partial charge on any atom is 0.0467 e. The first-order valence-corrected chi connectivity index (χ1v) is 24.1. The normalized spacial score (nSPS) is 15.6. The summed E-state index contributed by atoms with van der Waals surface area (Å²) in [5.41, 5.74) is 27.4. The van der Waals surface area contributed by atoms with Gasteiger partial charge in [0, 0.05) is 33.3 Å². The monoisotopic (exact) mass is 857 g/mol. The first kappa shape index (κ1) is 42.2. The maximum atomic E-state index is 2.51. The predicted molar refractivity (Wildman–Crippen MR) is 282 cm³/mol. The second kappa shape index (κ2) is 14.3. The highest BCUT2D eigenvalue weighted by Crippen LogP contribution is 2.56. The highest BCUT2D eigenvalue weighted by molar-refractivity contribution is 5.96. The molecule has 0 heterocycles. The van der Waals surface area contributed by atoms with E-state index >= 15 is 0 Å². The zero-order valence-corrected chi connectivity index (χ0v) is 41.0.